The van der Waals surface area contributed by atoms with Crippen molar-refractivity contribution in [2.75, 3.05) is 20.3 Å². The van der Waals surface area contributed by atoms with Gasteiger partial charge < -0.3 is 19.7 Å². The summed E-state index contributed by atoms with van der Waals surface area (Å²) in [6.07, 6.45) is 0.0885. The first-order chi connectivity index (χ1) is 16.9. The lowest BCUT2D eigenvalue weighted by Crippen LogP contribution is -2.46. The fraction of sp³-hybridized carbons (Fsp3) is 0.296. The molecule has 0 saturated heterocycles. The number of rotatable bonds is 11. The van der Waals surface area contributed by atoms with Gasteiger partial charge in [-0.15, -0.1) is 11.3 Å². The molecule has 7 nitrogen and oxygen atoms in total. The molecule has 0 aliphatic heterocycles. The molecule has 0 fully saturated rings. The maximum Gasteiger partial charge on any atom is 0.325 e. The molecule has 2 amide bonds. The Morgan fingerprint density at radius 2 is 1.77 bits per heavy atom. The van der Waals surface area contributed by atoms with Gasteiger partial charge in [-0.25, -0.2) is 0 Å². The highest BCUT2D eigenvalue weighted by Crippen LogP contribution is 2.26. The number of benzene rings is 2. The Bertz CT molecular complexity index is 1130. The third-order valence-electron chi connectivity index (χ3n) is 5.50. The average Bonchev–Trinajstić information content (AvgIpc) is 3.37. The van der Waals surface area contributed by atoms with E-state index in [1.54, 1.807) is 14.0 Å². The fourth-order valence-corrected chi connectivity index (χ4v) is 4.40. The maximum atomic E-state index is 13.6. The Hall–Kier alpha value is -3.65. The van der Waals surface area contributed by atoms with Crippen LogP contribution in [0.25, 0.3) is 0 Å². The third-order valence-corrected chi connectivity index (χ3v) is 6.38. The zero-order valence-corrected chi connectivity index (χ0v) is 21.0. The van der Waals surface area contributed by atoms with Gasteiger partial charge in [-0.1, -0.05) is 42.5 Å². The van der Waals surface area contributed by atoms with Gasteiger partial charge in [0.1, 0.15) is 18.3 Å². The van der Waals surface area contributed by atoms with E-state index >= 15 is 0 Å². The van der Waals surface area contributed by atoms with Crippen molar-refractivity contribution in [1.82, 2.24) is 10.2 Å². The van der Waals surface area contributed by atoms with Crippen LogP contribution in [0.5, 0.6) is 5.75 Å². The Morgan fingerprint density at radius 1 is 1.03 bits per heavy atom. The van der Waals surface area contributed by atoms with E-state index in [9.17, 15) is 14.4 Å². The van der Waals surface area contributed by atoms with E-state index in [2.05, 4.69) is 5.32 Å². The molecular formula is C27H30N2O5S. The highest BCUT2D eigenvalue weighted by molar-refractivity contribution is 7.10. The molecule has 0 radical (unpaired) electrons. The lowest BCUT2D eigenvalue weighted by molar-refractivity contribution is -0.152. The highest BCUT2D eigenvalue weighted by Gasteiger charge is 2.34. The van der Waals surface area contributed by atoms with Crippen LogP contribution < -0.4 is 10.1 Å². The quantitative estimate of drug-likeness (QED) is 0.407. The number of carbonyl (C=O) groups is 3. The molecule has 0 aliphatic carbocycles. The summed E-state index contributed by atoms with van der Waals surface area (Å²) in [6.45, 7) is 3.70. The minimum atomic E-state index is -0.994. The number of thiophene rings is 1. The summed E-state index contributed by atoms with van der Waals surface area (Å²) in [5.41, 5.74) is 2.38. The molecule has 0 saturated carbocycles. The van der Waals surface area contributed by atoms with Crippen LogP contribution in [0, 0.1) is 6.92 Å². The first kappa shape index (κ1) is 26.0. The van der Waals surface area contributed by atoms with Crippen LogP contribution in [0.1, 0.15) is 34.5 Å². The molecule has 3 rings (SSSR count). The van der Waals surface area contributed by atoms with Crippen molar-refractivity contribution in [1.29, 1.82) is 0 Å². The molecule has 0 aliphatic rings. The molecule has 0 spiro atoms. The van der Waals surface area contributed by atoms with Crippen molar-refractivity contribution in [2.45, 2.75) is 32.9 Å². The number of methoxy groups -OCH3 is 1. The Morgan fingerprint density at radius 3 is 2.40 bits per heavy atom. The first-order valence-electron chi connectivity index (χ1n) is 11.4. The van der Waals surface area contributed by atoms with Crippen LogP contribution >= 0.6 is 11.3 Å². The molecule has 0 unspecified atom stereocenters. The van der Waals surface area contributed by atoms with Gasteiger partial charge in [0.05, 0.1) is 20.1 Å². The van der Waals surface area contributed by atoms with E-state index in [-0.39, 0.29) is 37.9 Å². The zero-order valence-electron chi connectivity index (χ0n) is 20.2. The predicted molar refractivity (Wildman–Crippen MR) is 135 cm³/mol. The summed E-state index contributed by atoms with van der Waals surface area (Å²) in [6, 6.07) is 17.5. The van der Waals surface area contributed by atoms with Crippen LogP contribution in [-0.2, 0) is 32.1 Å². The van der Waals surface area contributed by atoms with Crippen molar-refractivity contribution >= 4 is 29.1 Å². The van der Waals surface area contributed by atoms with Gasteiger partial charge in [0.15, 0.2) is 0 Å². The van der Waals surface area contributed by atoms with Crippen molar-refractivity contribution < 1.29 is 23.9 Å². The fourth-order valence-electron chi connectivity index (χ4n) is 3.71. The monoisotopic (exact) mass is 494 g/mol. The van der Waals surface area contributed by atoms with Gasteiger partial charge >= 0.3 is 5.97 Å². The molecule has 8 heteroatoms. The summed E-state index contributed by atoms with van der Waals surface area (Å²) >= 11 is 1.45. The van der Waals surface area contributed by atoms with Crippen LogP contribution in [-0.4, -0.2) is 42.9 Å². The second kappa shape index (κ2) is 12.7. The van der Waals surface area contributed by atoms with E-state index < -0.39 is 12.0 Å². The maximum absolute atomic E-state index is 13.6. The lowest BCUT2D eigenvalue weighted by Gasteiger charge is -2.31. The average molecular weight is 495 g/mol. The first-order valence-corrected chi connectivity index (χ1v) is 12.2. The molecule has 1 heterocycles. The highest BCUT2D eigenvalue weighted by atomic mass is 32.1. The number of aryl methyl sites for hydroxylation is 1. The van der Waals surface area contributed by atoms with E-state index in [4.69, 9.17) is 9.47 Å². The van der Waals surface area contributed by atoms with Crippen molar-refractivity contribution in [3.8, 4) is 5.75 Å². The van der Waals surface area contributed by atoms with Crippen molar-refractivity contribution in [2.24, 2.45) is 0 Å². The van der Waals surface area contributed by atoms with Crippen molar-refractivity contribution in [3.05, 3.63) is 87.6 Å². The van der Waals surface area contributed by atoms with E-state index in [0.717, 1.165) is 21.8 Å². The number of hydrogen-bond acceptors (Lipinski definition) is 6. The Labute approximate surface area is 209 Å². The second-order valence-corrected chi connectivity index (χ2v) is 8.94. The predicted octanol–water partition coefficient (Wildman–Crippen LogP) is 4.06. The smallest absolute Gasteiger partial charge is 0.325 e. The molecule has 0 bridgehead atoms. The van der Waals surface area contributed by atoms with E-state index in [1.165, 1.54) is 16.2 Å². The Kier molecular flexibility index (Phi) is 9.43. The second-order valence-electron chi connectivity index (χ2n) is 7.91. The minimum Gasteiger partial charge on any atom is -0.497 e. The molecule has 1 atom stereocenters. The number of carbonyl (C=O) groups excluding carboxylic acids is 3. The van der Waals surface area contributed by atoms with Gasteiger partial charge in [0.2, 0.25) is 11.8 Å². The summed E-state index contributed by atoms with van der Waals surface area (Å²) in [5, 5.41) is 4.83. The number of ether oxygens (including phenoxy) is 2. The lowest BCUT2D eigenvalue weighted by atomic mass is 9.98. The number of hydrogen-bond donors (Lipinski definition) is 1. The van der Waals surface area contributed by atoms with E-state index in [0.29, 0.717) is 5.56 Å². The third kappa shape index (κ3) is 7.16. The van der Waals surface area contributed by atoms with Crippen molar-refractivity contribution in [3.63, 3.8) is 0 Å². The zero-order chi connectivity index (χ0) is 25.2. The minimum absolute atomic E-state index is 0.0885. The number of nitrogens with zero attached hydrogens (tertiary/aromatic N) is 1. The van der Waals surface area contributed by atoms with Gasteiger partial charge in [0.25, 0.3) is 0 Å². The van der Waals surface area contributed by atoms with Crippen LogP contribution in [0.4, 0.5) is 0 Å². The molecule has 1 N–H and O–H groups in total. The normalized spacial score (nSPS) is 11.4. The molecular weight excluding hydrogens is 464 g/mol. The number of amides is 2. The summed E-state index contributed by atoms with van der Waals surface area (Å²) in [7, 11) is 1.59. The SMILES string of the molecule is CCOC(=O)CN(C(=O)Cc1cccs1)[C@@H](C(=O)NCc1ccc(OC)cc1)c1ccccc1C. The molecule has 3 aromatic rings. The Balaban J connectivity index is 1.92. The number of esters is 1. The number of nitrogens with one attached hydrogen (secondary N) is 1. The van der Waals surface area contributed by atoms with Gasteiger partial charge in [-0.3, -0.25) is 14.4 Å². The summed E-state index contributed by atoms with van der Waals surface area (Å²) < 4.78 is 10.3. The van der Waals surface area contributed by atoms with Crippen LogP contribution in [0.15, 0.2) is 66.0 Å². The molecule has 2 aromatic carbocycles. The van der Waals surface area contributed by atoms with Crippen LogP contribution in [0.3, 0.4) is 0 Å². The van der Waals surface area contributed by atoms with Gasteiger partial charge in [0, 0.05) is 11.4 Å². The summed E-state index contributed by atoms with van der Waals surface area (Å²) in [4.78, 5) is 41.7. The standard InChI is InChI=1S/C27H30N2O5S/c1-4-34-25(31)18-29(24(30)16-22-9-7-15-35-22)26(23-10-6-5-8-19(23)2)27(32)28-17-20-11-13-21(33-3)14-12-20/h5-15,26H,4,16-18H2,1-3H3,(H,28,32)/t26-/m1/s1. The van der Waals surface area contributed by atoms with E-state index in [1.807, 2.05) is 73.0 Å². The topological polar surface area (TPSA) is 84.9 Å². The largest absolute Gasteiger partial charge is 0.497 e. The summed E-state index contributed by atoms with van der Waals surface area (Å²) in [5.74, 6) is -0.543. The molecule has 184 valence electrons. The van der Waals surface area contributed by atoms with Crippen LogP contribution in [0.2, 0.25) is 0 Å². The van der Waals surface area contributed by atoms with Gasteiger partial charge in [-0.2, -0.15) is 0 Å². The molecule has 35 heavy (non-hydrogen) atoms. The molecule has 1 aromatic heterocycles. The van der Waals surface area contributed by atoms with Gasteiger partial charge in [-0.05, 0) is 54.1 Å².